The van der Waals surface area contributed by atoms with E-state index in [9.17, 15) is 9.59 Å². The van der Waals surface area contributed by atoms with E-state index in [0.29, 0.717) is 45.8 Å². The summed E-state index contributed by atoms with van der Waals surface area (Å²) in [6, 6.07) is 13.1. The summed E-state index contributed by atoms with van der Waals surface area (Å²) in [5, 5.41) is 2.23. The summed E-state index contributed by atoms with van der Waals surface area (Å²) in [6.07, 6.45) is 0. The second-order valence-electron chi connectivity index (χ2n) is 8.96. The highest BCUT2D eigenvalue weighted by Crippen LogP contribution is 2.30. The van der Waals surface area contributed by atoms with Gasteiger partial charge >= 0.3 is 5.63 Å². The van der Waals surface area contributed by atoms with Crippen LogP contribution in [0.15, 0.2) is 61.6 Å². The van der Waals surface area contributed by atoms with Crippen molar-refractivity contribution in [1.29, 1.82) is 0 Å². The number of rotatable bonds is 6. The van der Waals surface area contributed by atoms with Crippen LogP contribution in [0.2, 0.25) is 0 Å². The number of benzene rings is 2. The molecule has 2 aromatic heterocycles. The summed E-state index contributed by atoms with van der Waals surface area (Å²) in [7, 11) is 0. The Hall–Kier alpha value is -2.86. The van der Waals surface area contributed by atoms with Gasteiger partial charge in [0.1, 0.15) is 5.58 Å². The predicted molar refractivity (Wildman–Crippen MR) is 132 cm³/mol. The van der Waals surface area contributed by atoms with Crippen LogP contribution >= 0.6 is 11.8 Å². The molecule has 0 amide bonds. The van der Waals surface area contributed by atoms with Gasteiger partial charge in [0.25, 0.3) is 5.56 Å². The van der Waals surface area contributed by atoms with Gasteiger partial charge in [-0.3, -0.25) is 9.36 Å². The normalized spacial score (nSPS) is 11.8. The van der Waals surface area contributed by atoms with Gasteiger partial charge < -0.3 is 4.42 Å². The second kappa shape index (κ2) is 8.94. The molecular weight excluding hydrogens is 420 g/mol. The van der Waals surface area contributed by atoms with E-state index in [1.807, 2.05) is 37.3 Å². The van der Waals surface area contributed by atoms with Crippen LogP contribution < -0.4 is 11.2 Å². The Labute approximate surface area is 191 Å². The van der Waals surface area contributed by atoms with Gasteiger partial charge in [-0.1, -0.05) is 51.6 Å². The molecule has 166 valence electrons. The molecule has 32 heavy (non-hydrogen) atoms. The number of thioether (sulfide) groups is 1. The molecule has 0 aliphatic carbocycles. The van der Waals surface area contributed by atoms with Gasteiger partial charge in [0.15, 0.2) is 5.16 Å². The minimum Gasteiger partial charge on any atom is -0.423 e. The fourth-order valence-electron chi connectivity index (χ4n) is 4.06. The molecule has 0 saturated carbocycles. The number of aromatic nitrogens is 2. The summed E-state index contributed by atoms with van der Waals surface area (Å²) in [4.78, 5) is 30.2. The molecule has 0 unspecified atom stereocenters. The van der Waals surface area contributed by atoms with Crippen molar-refractivity contribution in [3.05, 3.63) is 79.9 Å². The van der Waals surface area contributed by atoms with Crippen LogP contribution in [-0.2, 0) is 12.3 Å². The molecule has 2 heterocycles. The van der Waals surface area contributed by atoms with Gasteiger partial charge in [0.05, 0.1) is 10.9 Å². The van der Waals surface area contributed by atoms with Crippen molar-refractivity contribution in [1.82, 2.24) is 9.55 Å². The maximum Gasteiger partial charge on any atom is 0.336 e. The van der Waals surface area contributed by atoms with Crippen molar-refractivity contribution in [2.24, 2.45) is 5.92 Å². The summed E-state index contributed by atoms with van der Waals surface area (Å²) >= 11 is 1.48. The molecule has 0 bridgehead atoms. The zero-order valence-corrected chi connectivity index (χ0v) is 20.0. The molecule has 4 aromatic rings. The van der Waals surface area contributed by atoms with Crippen LogP contribution in [0.3, 0.4) is 0 Å². The molecular formula is C26H28N2O3S. The van der Waals surface area contributed by atoms with Gasteiger partial charge in [-0.05, 0) is 59.7 Å². The number of nitrogens with zero attached hydrogens (tertiary/aromatic N) is 2. The molecule has 2 aromatic carbocycles. The third-order valence-corrected chi connectivity index (χ3v) is 6.60. The third-order valence-electron chi connectivity index (χ3n) is 5.57. The molecule has 0 atom stereocenters. The lowest BCUT2D eigenvalue weighted by atomic mass is 9.95. The van der Waals surface area contributed by atoms with Crippen LogP contribution in [0, 0.1) is 12.8 Å². The first-order chi connectivity index (χ1) is 15.2. The Morgan fingerprint density at radius 1 is 1.03 bits per heavy atom. The molecule has 5 nitrogen and oxygen atoms in total. The summed E-state index contributed by atoms with van der Waals surface area (Å²) < 4.78 is 7.25. The predicted octanol–water partition coefficient (Wildman–Crippen LogP) is 5.88. The Morgan fingerprint density at radius 2 is 1.78 bits per heavy atom. The summed E-state index contributed by atoms with van der Waals surface area (Å²) in [5.74, 6) is 1.19. The molecule has 0 aliphatic heterocycles. The van der Waals surface area contributed by atoms with Gasteiger partial charge in [0.2, 0.25) is 0 Å². The van der Waals surface area contributed by atoms with E-state index < -0.39 is 0 Å². The van der Waals surface area contributed by atoms with Gasteiger partial charge in [-0.2, -0.15) is 0 Å². The SMILES string of the molecule is Cc1cc2oc(=O)cc(CSc3nc4ccccc4c(=O)n3CC(C)C)c2cc1C(C)C. The van der Waals surface area contributed by atoms with Crippen molar-refractivity contribution in [3.63, 3.8) is 0 Å². The average molecular weight is 449 g/mol. The smallest absolute Gasteiger partial charge is 0.336 e. The standard InChI is InChI=1S/C26H28N2O3S/c1-15(2)13-28-25(30)19-8-6-7-9-22(19)27-26(28)32-14-18-11-24(29)31-23-10-17(5)20(16(3)4)12-21(18)23/h6-12,15-16H,13-14H2,1-5H3. The molecule has 0 fully saturated rings. The first kappa shape index (κ1) is 22.3. The number of hydrogen-bond acceptors (Lipinski definition) is 5. The average Bonchev–Trinajstić information content (AvgIpc) is 2.73. The van der Waals surface area contributed by atoms with E-state index in [1.165, 1.54) is 17.3 Å². The largest absolute Gasteiger partial charge is 0.423 e. The van der Waals surface area contributed by atoms with E-state index in [2.05, 4.69) is 33.8 Å². The van der Waals surface area contributed by atoms with Crippen LogP contribution in [0.1, 0.15) is 50.3 Å². The summed E-state index contributed by atoms with van der Waals surface area (Å²) in [5.41, 5.74) is 4.14. The third kappa shape index (κ3) is 4.37. The monoisotopic (exact) mass is 448 g/mol. The minimum absolute atomic E-state index is 0.0260. The van der Waals surface area contributed by atoms with E-state index in [4.69, 9.17) is 9.40 Å². The van der Waals surface area contributed by atoms with Crippen LogP contribution in [0.4, 0.5) is 0 Å². The highest BCUT2D eigenvalue weighted by Gasteiger charge is 2.15. The fraction of sp³-hybridized carbons (Fsp3) is 0.346. The zero-order chi connectivity index (χ0) is 23.0. The second-order valence-corrected chi connectivity index (χ2v) is 9.90. The maximum absolute atomic E-state index is 13.2. The highest BCUT2D eigenvalue weighted by atomic mass is 32.2. The van der Waals surface area contributed by atoms with Crippen LogP contribution in [-0.4, -0.2) is 9.55 Å². The molecule has 0 aliphatic rings. The van der Waals surface area contributed by atoms with Crippen molar-refractivity contribution in [3.8, 4) is 0 Å². The van der Waals surface area contributed by atoms with Crippen LogP contribution in [0.5, 0.6) is 0 Å². The number of para-hydroxylation sites is 1. The van der Waals surface area contributed by atoms with E-state index in [-0.39, 0.29) is 11.2 Å². The number of hydrogen-bond donors (Lipinski definition) is 0. The van der Waals surface area contributed by atoms with Crippen molar-refractivity contribution in [2.75, 3.05) is 0 Å². The first-order valence-electron chi connectivity index (χ1n) is 10.9. The molecule has 0 saturated heterocycles. The lowest BCUT2D eigenvalue weighted by Crippen LogP contribution is -2.25. The van der Waals surface area contributed by atoms with Crippen molar-refractivity contribution in [2.45, 2.75) is 58.0 Å². The number of fused-ring (bicyclic) bond motifs is 2. The van der Waals surface area contributed by atoms with Crippen LogP contribution in [0.25, 0.3) is 21.9 Å². The van der Waals surface area contributed by atoms with Gasteiger partial charge in [-0.25, -0.2) is 9.78 Å². The topological polar surface area (TPSA) is 65.1 Å². The lowest BCUT2D eigenvalue weighted by molar-refractivity contribution is 0.475. The fourth-order valence-corrected chi connectivity index (χ4v) is 5.06. The first-order valence-corrected chi connectivity index (χ1v) is 11.9. The molecule has 0 radical (unpaired) electrons. The molecule has 0 N–H and O–H groups in total. The summed E-state index contributed by atoms with van der Waals surface area (Å²) in [6.45, 7) is 11.1. The van der Waals surface area contributed by atoms with E-state index in [1.54, 1.807) is 10.6 Å². The lowest BCUT2D eigenvalue weighted by Gasteiger charge is -2.16. The number of aryl methyl sites for hydroxylation is 1. The Morgan fingerprint density at radius 3 is 2.50 bits per heavy atom. The van der Waals surface area contributed by atoms with E-state index in [0.717, 1.165) is 16.5 Å². The minimum atomic E-state index is -0.365. The van der Waals surface area contributed by atoms with E-state index >= 15 is 0 Å². The Balaban J connectivity index is 1.80. The zero-order valence-electron chi connectivity index (χ0n) is 19.1. The maximum atomic E-state index is 13.2. The van der Waals surface area contributed by atoms with Crippen molar-refractivity contribution >= 4 is 33.6 Å². The molecule has 4 rings (SSSR count). The van der Waals surface area contributed by atoms with Gasteiger partial charge in [0, 0.05) is 23.8 Å². The Kier molecular flexibility index (Phi) is 6.24. The quantitative estimate of drug-likeness (QED) is 0.209. The van der Waals surface area contributed by atoms with Gasteiger partial charge in [-0.15, -0.1) is 0 Å². The molecule has 6 heteroatoms. The molecule has 0 spiro atoms. The van der Waals surface area contributed by atoms with Crippen molar-refractivity contribution < 1.29 is 4.42 Å². The highest BCUT2D eigenvalue weighted by molar-refractivity contribution is 7.98. The Bertz CT molecular complexity index is 1420.